The van der Waals surface area contributed by atoms with Crippen LogP contribution in [0.5, 0.6) is 0 Å². The third-order valence-electron chi connectivity index (χ3n) is 3.32. The lowest BCUT2D eigenvalue weighted by Crippen LogP contribution is -1.92. The Kier molecular flexibility index (Phi) is 7.26. The van der Waals surface area contributed by atoms with Crippen molar-refractivity contribution in [3.8, 4) is 0 Å². The first kappa shape index (κ1) is 16.1. The summed E-state index contributed by atoms with van der Waals surface area (Å²) in [6.45, 7) is 4.32. The Labute approximate surface area is 123 Å². The summed E-state index contributed by atoms with van der Waals surface area (Å²) in [5, 5.41) is 6.22. The molecule has 0 saturated carbocycles. The quantitative estimate of drug-likeness (QED) is 0.849. The Morgan fingerprint density at radius 3 is 1.85 bits per heavy atom. The fourth-order valence-corrected chi connectivity index (χ4v) is 1.98. The monoisotopic (exact) mass is 270 g/mol. The van der Waals surface area contributed by atoms with E-state index >= 15 is 0 Å². The molecule has 0 heterocycles. The SMILES string of the molecule is CCc1ccc(NC)cc1.CCc1ccccc1NC. The fourth-order valence-electron chi connectivity index (χ4n) is 1.98. The molecule has 2 rings (SSSR count). The van der Waals surface area contributed by atoms with Crippen LogP contribution in [-0.2, 0) is 12.8 Å². The van der Waals surface area contributed by atoms with Gasteiger partial charge in [0.2, 0.25) is 0 Å². The summed E-state index contributed by atoms with van der Waals surface area (Å²) in [6.07, 6.45) is 2.21. The van der Waals surface area contributed by atoms with Gasteiger partial charge >= 0.3 is 0 Å². The van der Waals surface area contributed by atoms with Crippen LogP contribution in [0.4, 0.5) is 11.4 Å². The van der Waals surface area contributed by atoms with Gasteiger partial charge in [-0.05, 0) is 42.2 Å². The molecule has 2 heteroatoms. The maximum atomic E-state index is 3.15. The summed E-state index contributed by atoms with van der Waals surface area (Å²) in [5.41, 5.74) is 5.19. The summed E-state index contributed by atoms with van der Waals surface area (Å²) in [7, 11) is 3.88. The molecule has 0 aliphatic heterocycles. The summed E-state index contributed by atoms with van der Waals surface area (Å²) in [5.74, 6) is 0. The molecule has 0 aliphatic rings. The van der Waals surface area contributed by atoms with Gasteiger partial charge in [0.1, 0.15) is 0 Å². The van der Waals surface area contributed by atoms with Crippen LogP contribution in [0.1, 0.15) is 25.0 Å². The normalized spacial score (nSPS) is 9.40. The molecular weight excluding hydrogens is 244 g/mol. The summed E-state index contributed by atoms with van der Waals surface area (Å²) in [6, 6.07) is 16.8. The van der Waals surface area contributed by atoms with Crippen molar-refractivity contribution in [3.63, 3.8) is 0 Å². The minimum Gasteiger partial charge on any atom is -0.388 e. The highest BCUT2D eigenvalue weighted by atomic mass is 14.8. The van der Waals surface area contributed by atoms with E-state index in [-0.39, 0.29) is 0 Å². The Bertz CT molecular complexity index is 443. The molecule has 0 spiro atoms. The molecule has 0 radical (unpaired) electrons. The summed E-state index contributed by atoms with van der Waals surface area (Å²) in [4.78, 5) is 0. The highest BCUT2D eigenvalue weighted by Crippen LogP contribution is 2.13. The molecule has 0 aliphatic carbocycles. The molecule has 2 nitrogen and oxygen atoms in total. The van der Waals surface area contributed by atoms with Crippen LogP contribution >= 0.6 is 0 Å². The van der Waals surface area contributed by atoms with E-state index in [9.17, 15) is 0 Å². The number of anilines is 2. The standard InChI is InChI=1S/2C9H13N/c1-3-8-4-6-9(10-2)7-5-8;1-3-8-6-4-5-7-9(8)10-2/h2*4-7,10H,3H2,1-2H3. The highest BCUT2D eigenvalue weighted by Gasteiger charge is 1.93. The predicted octanol–water partition coefficient (Wildman–Crippen LogP) is 4.58. The minimum absolute atomic E-state index is 1.09. The zero-order valence-electron chi connectivity index (χ0n) is 13.0. The van der Waals surface area contributed by atoms with Gasteiger partial charge in [-0.3, -0.25) is 0 Å². The first-order valence-electron chi connectivity index (χ1n) is 7.27. The van der Waals surface area contributed by atoms with Gasteiger partial charge in [0, 0.05) is 25.5 Å². The number of nitrogens with one attached hydrogen (secondary N) is 2. The number of hydrogen-bond acceptors (Lipinski definition) is 2. The lowest BCUT2D eigenvalue weighted by molar-refractivity contribution is 1.14. The van der Waals surface area contributed by atoms with Gasteiger partial charge in [-0.15, -0.1) is 0 Å². The van der Waals surface area contributed by atoms with E-state index in [0.717, 1.165) is 12.8 Å². The summed E-state index contributed by atoms with van der Waals surface area (Å²) >= 11 is 0. The zero-order chi connectivity index (χ0) is 14.8. The molecule has 0 aromatic heterocycles. The predicted molar refractivity (Wildman–Crippen MR) is 90.7 cm³/mol. The maximum Gasteiger partial charge on any atom is 0.0370 e. The first-order valence-corrected chi connectivity index (χ1v) is 7.27. The molecule has 2 aromatic carbocycles. The Hall–Kier alpha value is -1.96. The lowest BCUT2D eigenvalue weighted by atomic mass is 10.1. The molecule has 0 unspecified atom stereocenters. The van der Waals surface area contributed by atoms with E-state index in [1.165, 1.54) is 22.5 Å². The second-order valence-corrected chi connectivity index (χ2v) is 4.56. The van der Waals surface area contributed by atoms with Crippen molar-refractivity contribution in [2.45, 2.75) is 26.7 Å². The molecule has 0 bridgehead atoms. The van der Waals surface area contributed by atoms with Crippen molar-refractivity contribution in [1.29, 1.82) is 0 Å². The van der Waals surface area contributed by atoms with Gasteiger partial charge in [-0.2, -0.15) is 0 Å². The second-order valence-electron chi connectivity index (χ2n) is 4.56. The van der Waals surface area contributed by atoms with Crippen molar-refractivity contribution in [2.24, 2.45) is 0 Å². The van der Waals surface area contributed by atoms with Gasteiger partial charge in [-0.25, -0.2) is 0 Å². The Morgan fingerprint density at radius 2 is 1.40 bits per heavy atom. The van der Waals surface area contributed by atoms with E-state index in [4.69, 9.17) is 0 Å². The fraction of sp³-hybridized carbons (Fsp3) is 0.333. The van der Waals surface area contributed by atoms with Crippen molar-refractivity contribution in [3.05, 3.63) is 59.7 Å². The minimum atomic E-state index is 1.09. The number of aryl methyl sites for hydroxylation is 2. The van der Waals surface area contributed by atoms with E-state index in [2.05, 4.69) is 66.9 Å². The largest absolute Gasteiger partial charge is 0.388 e. The van der Waals surface area contributed by atoms with Gasteiger partial charge in [0.25, 0.3) is 0 Å². The number of para-hydroxylation sites is 1. The van der Waals surface area contributed by atoms with Crippen LogP contribution in [0.3, 0.4) is 0 Å². The van der Waals surface area contributed by atoms with Crippen molar-refractivity contribution in [2.75, 3.05) is 24.7 Å². The molecule has 108 valence electrons. The van der Waals surface area contributed by atoms with E-state index in [0.29, 0.717) is 0 Å². The van der Waals surface area contributed by atoms with Crippen LogP contribution in [0.2, 0.25) is 0 Å². The van der Waals surface area contributed by atoms with Crippen molar-refractivity contribution in [1.82, 2.24) is 0 Å². The number of rotatable bonds is 4. The Balaban J connectivity index is 0.000000200. The molecular formula is C18H26N2. The molecule has 0 atom stereocenters. The summed E-state index contributed by atoms with van der Waals surface area (Å²) < 4.78 is 0. The van der Waals surface area contributed by atoms with Crippen LogP contribution in [-0.4, -0.2) is 14.1 Å². The average molecular weight is 270 g/mol. The number of hydrogen-bond donors (Lipinski definition) is 2. The van der Waals surface area contributed by atoms with Crippen molar-refractivity contribution >= 4 is 11.4 Å². The van der Waals surface area contributed by atoms with E-state index in [1.54, 1.807) is 0 Å². The molecule has 2 aromatic rings. The van der Waals surface area contributed by atoms with Crippen LogP contribution in [0, 0.1) is 0 Å². The van der Waals surface area contributed by atoms with Gasteiger partial charge < -0.3 is 10.6 Å². The molecule has 0 amide bonds. The maximum absolute atomic E-state index is 3.15. The molecule has 0 saturated heterocycles. The van der Waals surface area contributed by atoms with Crippen LogP contribution < -0.4 is 10.6 Å². The third kappa shape index (κ3) is 4.96. The van der Waals surface area contributed by atoms with Crippen molar-refractivity contribution < 1.29 is 0 Å². The average Bonchev–Trinajstić information content (AvgIpc) is 2.55. The first-order chi connectivity index (χ1) is 9.74. The van der Waals surface area contributed by atoms with Crippen LogP contribution in [0.15, 0.2) is 48.5 Å². The van der Waals surface area contributed by atoms with Gasteiger partial charge in [0.05, 0.1) is 0 Å². The zero-order valence-corrected chi connectivity index (χ0v) is 13.0. The molecule has 0 fully saturated rings. The number of benzene rings is 2. The molecule has 20 heavy (non-hydrogen) atoms. The van der Waals surface area contributed by atoms with E-state index in [1.807, 2.05) is 20.2 Å². The Morgan fingerprint density at radius 1 is 0.750 bits per heavy atom. The highest BCUT2D eigenvalue weighted by molar-refractivity contribution is 5.50. The topological polar surface area (TPSA) is 24.1 Å². The van der Waals surface area contributed by atoms with Crippen LogP contribution in [0.25, 0.3) is 0 Å². The van der Waals surface area contributed by atoms with E-state index < -0.39 is 0 Å². The van der Waals surface area contributed by atoms with Gasteiger partial charge in [0.15, 0.2) is 0 Å². The second kappa shape index (κ2) is 9.03. The lowest BCUT2D eigenvalue weighted by Gasteiger charge is -2.04. The third-order valence-corrected chi connectivity index (χ3v) is 3.32. The smallest absolute Gasteiger partial charge is 0.0370 e. The van der Waals surface area contributed by atoms with Gasteiger partial charge in [-0.1, -0.05) is 44.2 Å². The molecule has 2 N–H and O–H groups in total.